The summed E-state index contributed by atoms with van der Waals surface area (Å²) in [4.78, 5) is 18.6. The van der Waals surface area contributed by atoms with E-state index in [-0.39, 0.29) is 6.04 Å². The van der Waals surface area contributed by atoms with Crippen LogP contribution >= 0.6 is 0 Å². The SMILES string of the molecule is [N-]=[N+]=Nc1ccc(C2C(N3CCCC3)CCN2C=O)cc1. The van der Waals surface area contributed by atoms with Crippen LogP contribution in [-0.4, -0.2) is 41.9 Å². The Morgan fingerprint density at radius 1 is 1.19 bits per heavy atom. The van der Waals surface area contributed by atoms with Gasteiger partial charge in [-0.05, 0) is 43.4 Å². The molecule has 1 aromatic rings. The minimum atomic E-state index is 0.112. The maximum absolute atomic E-state index is 11.4. The maximum Gasteiger partial charge on any atom is 0.210 e. The smallest absolute Gasteiger partial charge is 0.210 e. The third-order valence-electron chi connectivity index (χ3n) is 4.54. The van der Waals surface area contributed by atoms with Crippen LogP contribution in [0.2, 0.25) is 0 Å². The topological polar surface area (TPSA) is 72.3 Å². The number of azide groups is 1. The minimum absolute atomic E-state index is 0.112. The highest BCUT2D eigenvalue weighted by Crippen LogP contribution is 2.36. The maximum atomic E-state index is 11.4. The summed E-state index contributed by atoms with van der Waals surface area (Å²) in [5, 5.41) is 3.60. The Kier molecular flexibility index (Phi) is 4.08. The van der Waals surface area contributed by atoms with E-state index in [1.165, 1.54) is 12.8 Å². The summed E-state index contributed by atoms with van der Waals surface area (Å²) >= 11 is 0. The van der Waals surface area contributed by atoms with Crippen LogP contribution in [0.25, 0.3) is 10.4 Å². The summed E-state index contributed by atoms with van der Waals surface area (Å²) in [5.41, 5.74) is 10.2. The van der Waals surface area contributed by atoms with Gasteiger partial charge < -0.3 is 4.90 Å². The minimum Gasteiger partial charge on any atom is -0.337 e. The molecule has 2 atom stereocenters. The highest BCUT2D eigenvalue weighted by molar-refractivity contribution is 5.51. The van der Waals surface area contributed by atoms with E-state index in [9.17, 15) is 4.79 Å². The van der Waals surface area contributed by atoms with E-state index < -0.39 is 0 Å². The van der Waals surface area contributed by atoms with E-state index in [2.05, 4.69) is 14.9 Å². The van der Waals surface area contributed by atoms with E-state index in [1.807, 2.05) is 29.2 Å². The molecule has 1 amide bonds. The molecule has 0 bridgehead atoms. The summed E-state index contributed by atoms with van der Waals surface area (Å²) in [6.07, 6.45) is 4.49. The third-order valence-corrected chi connectivity index (χ3v) is 4.54. The molecule has 0 saturated carbocycles. The summed E-state index contributed by atoms with van der Waals surface area (Å²) in [5.74, 6) is 0. The first-order chi connectivity index (χ1) is 10.3. The second kappa shape index (κ2) is 6.16. The molecule has 0 aromatic heterocycles. The zero-order valence-corrected chi connectivity index (χ0v) is 11.9. The second-order valence-corrected chi connectivity index (χ2v) is 5.67. The fraction of sp³-hybridized carbons (Fsp3) is 0.533. The van der Waals surface area contributed by atoms with Crippen molar-refractivity contribution in [1.29, 1.82) is 0 Å². The molecule has 0 spiro atoms. The molecule has 0 aliphatic carbocycles. The number of likely N-dealkylation sites (tertiary alicyclic amines) is 2. The number of rotatable bonds is 4. The summed E-state index contributed by atoms with van der Waals surface area (Å²) in [7, 11) is 0. The van der Waals surface area contributed by atoms with Gasteiger partial charge in [0.25, 0.3) is 0 Å². The molecule has 2 heterocycles. The Hall–Kier alpha value is -2.04. The van der Waals surface area contributed by atoms with Crippen molar-refractivity contribution in [3.05, 3.63) is 40.3 Å². The molecular weight excluding hydrogens is 266 g/mol. The van der Waals surface area contributed by atoms with Crippen molar-refractivity contribution < 1.29 is 4.79 Å². The zero-order chi connectivity index (χ0) is 14.7. The summed E-state index contributed by atoms with van der Waals surface area (Å²) in [6.45, 7) is 3.07. The monoisotopic (exact) mass is 285 g/mol. The van der Waals surface area contributed by atoms with E-state index in [0.717, 1.165) is 38.0 Å². The number of hydrogen-bond acceptors (Lipinski definition) is 3. The first kappa shape index (κ1) is 13.9. The normalized spacial score (nSPS) is 25.8. The zero-order valence-electron chi connectivity index (χ0n) is 11.9. The Morgan fingerprint density at radius 3 is 2.52 bits per heavy atom. The average molecular weight is 285 g/mol. The van der Waals surface area contributed by atoms with Gasteiger partial charge in [0.15, 0.2) is 0 Å². The van der Waals surface area contributed by atoms with Crippen LogP contribution in [0.3, 0.4) is 0 Å². The van der Waals surface area contributed by atoms with Crippen molar-refractivity contribution in [3.63, 3.8) is 0 Å². The molecule has 2 aliphatic rings. The molecule has 0 N–H and O–H groups in total. The average Bonchev–Trinajstić information content (AvgIpc) is 3.17. The lowest BCUT2D eigenvalue weighted by Crippen LogP contribution is -2.38. The van der Waals surface area contributed by atoms with Crippen LogP contribution in [-0.2, 0) is 4.79 Å². The number of carbonyl (C=O) groups excluding carboxylic acids is 1. The molecule has 2 unspecified atom stereocenters. The van der Waals surface area contributed by atoms with Gasteiger partial charge in [0.1, 0.15) is 0 Å². The van der Waals surface area contributed by atoms with Gasteiger partial charge in [-0.2, -0.15) is 0 Å². The van der Waals surface area contributed by atoms with Gasteiger partial charge in [-0.25, -0.2) is 0 Å². The van der Waals surface area contributed by atoms with Gasteiger partial charge in [0, 0.05) is 23.2 Å². The quantitative estimate of drug-likeness (QED) is 0.369. The molecule has 110 valence electrons. The molecule has 2 aliphatic heterocycles. The lowest BCUT2D eigenvalue weighted by atomic mass is 9.99. The Morgan fingerprint density at radius 2 is 1.90 bits per heavy atom. The third kappa shape index (κ3) is 2.73. The Labute approximate surface area is 124 Å². The fourth-order valence-corrected chi connectivity index (χ4v) is 3.58. The molecule has 6 nitrogen and oxygen atoms in total. The Balaban J connectivity index is 1.87. The number of hydrogen-bond donors (Lipinski definition) is 0. The second-order valence-electron chi connectivity index (χ2n) is 5.67. The van der Waals surface area contributed by atoms with Crippen LogP contribution in [0.1, 0.15) is 30.9 Å². The first-order valence-electron chi connectivity index (χ1n) is 7.43. The lowest BCUT2D eigenvalue weighted by molar-refractivity contribution is -0.119. The van der Waals surface area contributed by atoms with Gasteiger partial charge in [-0.1, -0.05) is 29.4 Å². The van der Waals surface area contributed by atoms with Crippen molar-refractivity contribution in [1.82, 2.24) is 9.80 Å². The van der Waals surface area contributed by atoms with Gasteiger partial charge >= 0.3 is 0 Å². The van der Waals surface area contributed by atoms with Crippen molar-refractivity contribution >= 4 is 12.1 Å². The molecule has 3 rings (SSSR count). The number of nitrogens with zero attached hydrogens (tertiary/aromatic N) is 5. The number of carbonyl (C=O) groups is 1. The van der Waals surface area contributed by atoms with Gasteiger partial charge in [0.05, 0.1) is 6.04 Å². The predicted octanol–water partition coefficient (Wildman–Crippen LogP) is 3.00. The van der Waals surface area contributed by atoms with Gasteiger partial charge in [-0.15, -0.1) is 0 Å². The molecule has 2 saturated heterocycles. The summed E-state index contributed by atoms with van der Waals surface area (Å²) < 4.78 is 0. The molecular formula is C15H19N5O. The number of benzene rings is 1. The van der Waals surface area contributed by atoms with Crippen LogP contribution in [0.5, 0.6) is 0 Å². The van der Waals surface area contributed by atoms with Crippen molar-refractivity contribution in [3.8, 4) is 0 Å². The van der Waals surface area contributed by atoms with Crippen LogP contribution in [0.15, 0.2) is 29.4 Å². The molecule has 1 aromatic carbocycles. The molecule has 2 fully saturated rings. The van der Waals surface area contributed by atoms with Gasteiger partial charge in [0.2, 0.25) is 6.41 Å². The first-order valence-corrected chi connectivity index (χ1v) is 7.43. The molecule has 6 heteroatoms. The fourth-order valence-electron chi connectivity index (χ4n) is 3.58. The number of amides is 1. The predicted molar refractivity (Wildman–Crippen MR) is 80.0 cm³/mol. The highest BCUT2D eigenvalue weighted by Gasteiger charge is 2.38. The van der Waals surface area contributed by atoms with E-state index in [0.29, 0.717) is 11.7 Å². The molecule has 0 radical (unpaired) electrons. The largest absolute Gasteiger partial charge is 0.337 e. The molecule has 21 heavy (non-hydrogen) atoms. The van der Waals surface area contributed by atoms with Crippen LogP contribution < -0.4 is 0 Å². The standard InChI is InChI=1S/C15H19N5O/c16-18-17-13-5-3-12(4-6-13)15-14(7-10-20(15)11-21)19-8-1-2-9-19/h3-6,11,14-15H,1-2,7-10H2. The van der Waals surface area contributed by atoms with Crippen LogP contribution in [0, 0.1) is 0 Å². The van der Waals surface area contributed by atoms with Crippen LogP contribution in [0.4, 0.5) is 5.69 Å². The summed E-state index contributed by atoms with van der Waals surface area (Å²) in [6, 6.07) is 8.09. The van der Waals surface area contributed by atoms with Crippen molar-refractivity contribution in [2.75, 3.05) is 19.6 Å². The Bertz CT molecular complexity index is 546. The lowest BCUT2D eigenvalue weighted by Gasteiger charge is -2.31. The van der Waals surface area contributed by atoms with Crippen molar-refractivity contribution in [2.45, 2.75) is 31.3 Å². The van der Waals surface area contributed by atoms with E-state index in [4.69, 9.17) is 5.53 Å². The van der Waals surface area contributed by atoms with E-state index >= 15 is 0 Å². The van der Waals surface area contributed by atoms with E-state index in [1.54, 1.807) is 0 Å². The highest BCUT2D eigenvalue weighted by atomic mass is 16.1. The van der Waals surface area contributed by atoms with Gasteiger partial charge in [-0.3, -0.25) is 9.69 Å². The van der Waals surface area contributed by atoms with Crippen molar-refractivity contribution in [2.24, 2.45) is 5.11 Å².